The summed E-state index contributed by atoms with van der Waals surface area (Å²) in [4.78, 5) is 9.74. The van der Waals surface area contributed by atoms with E-state index in [9.17, 15) is 4.79 Å². The summed E-state index contributed by atoms with van der Waals surface area (Å²) >= 11 is 3.67. The van der Waals surface area contributed by atoms with Crippen LogP contribution in [-0.2, 0) is 4.79 Å². The van der Waals surface area contributed by atoms with Crippen LogP contribution in [0.4, 0.5) is 0 Å². The van der Waals surface area contributed by atoms with Gasteiger partial charge in [-0.1, -0.05) is 0 Å². The van der Waals surface area contributed by atoms with Gasteiger partial charge in [-0.15, -0.1) is 0 Å². The quantitative estimate of drug-likeness (QED) is 0.386. The predicted molar refractivity (Wildman–Crippen MR) is 31.7 cm³/mol. The van der Waals surface area contributed by atoms with E-state index in [0.717, 1.165) is 0 Å². The first-order chi connectivity index (χ1) is 2.27. The van der Waals surface area contributed by atoms with E-state index in [4.69, 9.17) is 0 Å². The molecule has 0 aliphatic rings. The van der Waals surface area contributed by atoms with Crippen molar-refractivity contribution in [1.82, 2.24) is 0 Å². The molecule has 0 fully saturated rings. The van der Waals surface area contributed by atoms with Crippen LogP contribution in [0.25, 0.3) is 0 Å². The van der Waals surface area contributed by atoms with Crippen LogP contribution in [0.1, 0.15) is 6.92 Å². The zero-order valence-corrected chi connectivity index (χ0v) is 3.96. The maximum atomic E-state index is 9.74. The second-order valence-corrected chi connectivity index (χ2v) is 1.18. The molecule has 0 aromatic rings. The third-order valence-electron chi connectivity index (χ3n) is 0.223. The van der Waals surface area contributed by atoms with Crippen molar-refractivity contribution < 1.29 is 4.79 Å². The van der Waals surface area contributed by atoms with Gasteiger partial charge in [-0.3, -0.25) is 4.79 Å². The van der Waals surface area contributed by atoms with Gasteiger partial charge in [0.2, 0.25) is 0 Å². The van der Waals surface area contributed by atoms with Crippen molar-refractivity contribution in [3.8, 4) is 0 Å². The van der Waals surface area contributed by atoms with Crippen molar-refractivity contribution >= 4 is 69.8 Å². The monoisotopic (exact) mass is 130 g/mol. The Kier molecular flexibility index (Phi) is 11.8. The number of hydrogen-bond acceptors (Lipinski definition) is 2. The van der Waals surface area contributed by atoms with Gasteiger partial charge in [0.15, 0.2) is 0 Å². The van der Waals surface area contributed by atoms with Crippen LogP contribution in [0, 0.1) is 0 Å². The SMILES string of the molecule is CC(=O)CS.[KH]. The summed E-state index contributed by atoms with van der Waals surface area (Å²) in [5.41, 5.74) is 0. The van der Waals surface area contributed by atoms with Crippen molar-refractivity contribution in [3.63, 3.8) is 0 Å². The molecule has 0 aliphatic carbocycles. The topological polar surface area (TPSA) is 17.1 Å². The van der Waals surface area contributed by atoms with Crippen molar-refractivity contribution in [1.29, 1.82) is 0 Å². The first kappa shape index (κ1) is 10.6. The molecule has 0 N–H and O–H groups in total. The summed E-state index contributed by atoms with van der Waals surface area (Å²) in [5, 5.41) is 0. The molecule has 0 aliphatic heterocycles. The second kappa shape index (κ2) is 6.66. The van der Waals surface area contributed by atoms with Crippen LogP contribution < -0.4 is 0 Å². The van der Waals surface area contributed by atoms with E-state index in [2.05, 4.69) is 12.6 Å². The van der Waals surface area contributed by atoms with Gasteiger partial charge in [-0.05, 0) is 6.92 Å². The molecule has 0 bridgehead atoms. The molecule has 6 heavy (non-hydrogen) atoms. The molecular formula is C3H7KOS. The second-order valence-electron chi connectivity index (χ2n) is 0.860. The molecule has 0 aromatic carbocycles. The minimum absolute atomic E-state index is 0. The fraction of sp³-hybridized carbons (Fsp3) is 0.667. The molecule has 0 spiro atoms. The average Bonchev–Trinajstić information content (AvgIpc) is 1.38. The van der Waals surface area contributed by atoms with E-state index in [1.807, 2.05) is 0 Å². The van der Waals surface area contributed by atoms with E-state index < -0.39 is 0 Å². The molecule has 0 heterocycles. The average molecular weight is 130 g/mol. The molecule has 1 nitrogen and oxygen atoms in total. The Hall–Kier alpha value is 1.66. The van der Waals surface area contributed by atoms with Gasteiger partial charge in [-0.25, -0.2) is 0 Å². The standard InChI is InChI=1S/C3H6OS.K.H/c1-3(4)2-5;;/h5H,2H2,1H3;;. The molecular weight excluding hydrogens is 123 g/mol. The van der Waals surface area contributed by atoms with Crippen molar-refractivity contribution in [2.45, 2.75) is 6.92 Å². The van der Waals surface area contributed by atoms with Gasteiger partial charge in [-0.2, -0.15) is 12.6 Å². The third kappa shape index (κ3) is 9.17. The van der Waals surface area contributed by atoms with E-state index >= 15 is 0 Å². The Morgan fingerprint density at radius 3 is 2.00 bits per heavy atom. The maximum absolute atomic E-state index is 9.74. The van der Waals surface area contributed by atoms with Gasteiger partial charge < -0.3 is 0 Å². The van der Waals surface area contributed by atoms with E-state index in [0.29, 0.717) is 5.75 Å². The van der Waals surface area contributed by atoms with E-state index in [1.54, 1.807) is 0 Å². The normalized spacial score (nSPS) is 6.33. The number of rotatable bonds is 1. The van der Waals surface area contributed by atoms with Gasteiger partial charge in [0.1, 0.15) is 5.78 Å². The molecule has 32 valence electrons. The molecule has 0 radical (unpaired) electrons. The summed E-state index contributed by atoms with van der Waals surface area (Å²) in [6, 6.07) is 0. The fourth-order valence-corrected chi connectivity index (χ4v) is 0. The minimum atomic E-state index is 0. The van der Waals surface area contributed by atoms with Gasteiger partial charge in [0.05, 0.1) is 0 Å². The summed E-state index contributed by atoms with van der Waals surface area (Å²) in [7, 11) is 0. The summed E-state index contributed by atoms with van der Waals surface area (Å²) in [5.74, 6) is 0.480. The Morgan fingerprint density at radius 1 is 1.83 bits per heavy atom. The molecule has 0 amide bonds. The molecule has 0 atom stereocenters. The predicted octanol–water partition coefficient (Wildman–Crippen LogP) is -0.143. The third-order valence-corrected chi connectivity index (χ3v) is 0.668. The zero-order valence-electron chi connectivity index (χ0n) is 3.06. The molecule has 0 saturated carbocycles. The van der Waals surface area contributed by atoms with Gasteiger partial charge in [0, 0.05) is 5.75 Å². The first-order valence-electron chi connectivity index (χ1n) is 1.37. The Labute approximate surface area is 85.7 Å². The van der Waals surface area contributed by atoms with Crippen molar-refractivity contribution in [2.24, 2.45) is 0 Å². The molecule has 0 saturated heterocycles. The summed E-state index contributed by atoms with van der Waals surface area (Å²) in [6.07, 6.45) is 0. The van der Waals surface area contributed by atoms with Gasteiger partial charge in [0.25, 0.3) is 0 Å². The number of carbonyl (C=O) groups excluding carboxylic acids is 1. The molecule has 0 aromatic heterocycles. The van der Waals surface area contributed by atoms with Crippen LogP contribution in [0.15, 0.2) is 0 Å². The fourth-order valence-electron chi connectivity index (χ4n) is 0. The zero-order chi connectivity index (χ0) is 4.28. The summed E-state index contributed by atoms with van der Waals surface area (Å²) in [6.45, 7) is 1.51. The van der Waals surface area contributed by atoms with Crippen LogP contribution in [0.2, 0.25) is 0 Å². The van der Waals surface area contributed by atoms with E-state index in [-0.39, 0.29) is 57.2 Å². The Morgan fingerprint density at radius 2 is 2.00 bits per heavy atom. The molecule has 3 heteroatoms. The number of thiol groups is 1. The van der Waals surface area contributed by atoms with Crippen molar-refractivity contribution in [2.75, 3.05) is 5.75 Å². The number of hydrogen-bond donors (Lipinski definition) is 1. The van der Waals surface area contributed by atoms with Crippen molar-refractivity contribution in [3.05, 3.63) is 0 Å². The Balaban J connectivity index is 0. The van der Waals surface area contributed by atoms with Crippen LogP contribution in [0.3, 0.4) is 0 Å². The number of ketones is 1. The first-order valence-corrected chi connectivity index (χ1v) is 2.01. The molecule has 0 rings (SSSR count). The van der Waals surface area contributed by atoms with Gasteiger partial charge >= 0.3 is 51.4 Å². The molecule has 0 unspecified atom stereocenters. The number of carbonyl (C=O) groups is 1. The number of Topliss-reactive ketones (excluding diaryl/α,β-unsaturated/α-hetero) is 1. The summed E-state index contributed by atoms with van der Waals surface area (Å²) < 4.78 is 0. The van der Waals surface area contributed by atoms with Crippen LogP contribution in [-0.4, -0.2) is 62.9 Å². The Bertz CT molecular complexity index is 46.1. The van der Waals surface area contributed by atoms with E-state index in [1.165, 1.54) is 6.92 Å². The van der Waals surface area contributed by atoms with Crippen LogP contribution in [0.5, 0.6) is 0 Å². The van der Waals surface area contributed by atoms with Crippen LogP contribution >= 0.6 is 12.6 Å².